The molecule has 0 aliphatic heterocycles. The first-order valence-corrected chi connectivity index (χ1v) is 11.7. The third-order valence-corrected chi connectivity index (χ3v) is 6.31. The van der Waals surface area contributed by atoms with E-state index in [9.17, 15) is 4.79 Å². The number of anilines is 2. The maximum Gasteiger partial charge on any atom is 0.335 e. The first-order valence-electron chi connectivity index (χ1n) is 10.9. The summed E-state index contributed by atoms with van der Waals surface area (Å²) in [7, 11) is 0. The molecule has 33 heavy (non-hydrogen) atoms. The molecule has 0 spiro atoms. The number of rotatable bonds is 8. The highest BCUT2D eigenvalue weighted by atomic mass is 32.1. The van der Waals surface area contributed by atoms with Crippen LogP contribution in [0.15, 0.2) is 66.7 Å². The van der Waals surface area contributed by atoms with Gasteiger partial charge < -0.3 is 10.4 Å². The molecule has 2 aromatic heterocycles. The van der Waals surface area contributed by atoms with Crippen LogP contribution in [0, 0.1) is 0 Å². The van der Waals surface area contributed by atoms with Crippen molar-refractivity contribution in [3.8, 4) is 10.7 Å². The Hall–Kier alpha value is -3.77. The van der Waals surface area contributed by atoms with Crippen molar-refractivity contribution in [2.45, 2.75) is 26.7 Å². The third kappa shape index (κ3) is 5.35. The first-order chi connectivity index (χ1) is 16.1. The van der Waals surface area contributed by atoms with Crippen molar-refractivity contribution in [2.24, 2.45) is 0 Å². The highest BCUT2D eigenvalue weighted by molar-refractivity contribution is 7.16. The predicted molar refractivity (Wildman–Crippen MR) is 136 cm³/mol. The van der Waals surface area contributed by atoms with Gasteiger partial charge in [-0.1, -0.05) is 50.3 Å². The van der Waals surface area contributed by atoms with Gasteiger partial charge in [-0.3, -0.25) is 0 Å². The monoisotopic (exact) mass is 455 g/mol. The summed E-state index contributed by atoms with van der Waals surface area (Å²) >= 11 is 1.65. The number of carbonyl (C=O) groups is 1. The zero-order chi connectivity index (χ0) is 23.2. The Balaban J connectivity index is 1.64. The summed E-state index contributed by atoms with van der Waals surface area (Å²) in [6.07, 6.45) is 5.81. The largest absolute Gasteiger partial charge is 0.478 e. The highest BCUT2D eigenvalue weighted by Gasteiger charge is 2.15. The zero-order valence-electron chi connectivity index (χ0n) is 18.6. The lowest BCUT2D eigenvalue weighted by atomic mass is 10.1. The summed E-state index contributed by atoms with van der Waals surface area (Å²) in [6, 6.07) is 21.0. The van der Waals surface area contributed by atoms with E-state index in [2.05, 4.69) is 55.6 Å². The van der Waals surface area contributed by atoms with Crippen LogP contribution >= 0.6 is 11.3 Å². The maximum atomic E-state index is 11.1. The second-order valence-electron chi connectivity index (χ2n) is 7.48. The molecule has 166 valence electrons. The molecule has 0 radical (unpaired) electrons. The van der Waals surface area contributed by atoms with Crippen LogP contribution in [0.25, 0.3) is 22.9 Å². The molecule has 5 nitrogen and oxygen atoms in total. The Morgan fingerprint density at radius 3 is 2.36 bits per heavy atom. The number of nitrogens with one attached hydrogen (secondary N) is 1. The van der Waals surface area contributed by atoms with Crippen LogP contribution in [0.5, 0.6) is 0 Å². The van der Waals surface area contributed by atoms with E-state index in [1.165, 1.54) is 0 Å². The van der Waals surface area contributed by atoms with Crippen LogP contribution in [0.2, 0.25) is 0 Å². The Morgan fingerprint density at radius 2 is 1.70 bits per heavy atom. The average molecular weight is 456 g/mol. The molecule has 0 aliphatic carbocycles. The molecule has 0 amide bonds. The van der Waals surface area contributed by atoms with Crippen molar-refractivity contribution in [1.82, 2.24) is 9.97 Å². The fraction of sp³-hybridized carbons (Fsp3) is 0.148. The van der Waals surface area contributed by atoms with Crippen LogP contribution in [0.1, 0.15) is 45.9 Å². The van der Waals surface area contributed by atoms with Gasteiger partial charge in [0.05, 0.1) is 10.4 Å². The topological polar surface area (TPSA) is 75.1 Å². The highest BCUT2D eigenvalue weighted by Crippen LogP contribution is 2.31. The minimum absolute atomic E-state index is 0.253. The van der Waals surface area contributed by atoms with Gasteiger partial charge in [-0.05, 0) is 60.9 Å². The summed E-state index contributed by atoms with van der Waals surface area (Å²) in [5, 5.41) is 12.5. The standard InChI is InChI=1S/C27H25N3O2S/c1-3-22-23(4-2)29-26(30-25(22)28-20-13-11-19(12-14-20)27(31)32)24-17-16-21(33-24)15-10-18-8-6-5-7-9-18/h5-17H,3-4H2,1-2H3,(H,31,32)(H,28,29,30). The van der Waals surface area contributed by atoms with Gasteiger partial charge in [-0.15, -0.1) is 11.3 Å². The first kappa shape index (κ1) is 22.4. The Kier molecular flexibility index (Phi) is 6.95. The molecule has 0 unspecified atom stereocenters. The molecule has 0 saturated carbocycles. The fourth-order valence-corrected chi connectivity index (χ4v) is 4.39. The number of aromatic carboxylic acids is 1. The van der Waals surface area contributed by atoms with E-state index in [4.69, 9.17) is 15.1 Å². The SMILES string of the molecule is CCc1nc(-c2ccc(C=Cc3ccccc3)s2)nc(Nc2ccc(C(=O)O)cc2)c1CC. The molecule has 2 N–H and O–H groups in total. The van der Waals surface area contributed by atoms with Crippen molar-refractivity contribution >= 4 is 41.0 Å². The van der Waals surface area contributed by atoms with Gasteiger partial charge in [0, 0.05) is 21.8 Å². The summed E-state index contributed by atoms with van der Waals surface area (Å²) in [5.74, 6) is 0.512. The van der Waals surface area contributed by atoms with E-state index in [0.717, 1.165) is 50.9 Å². The Bertz CT molecular complexity index is 1280. The molecule has 0 saturated heterocycles. The van der Waals surface area contributed by atoms with Gasteiger partial charge >= 0.3 is 5.97 Å². The van der Waals surface area contributed by atoms with Crippen LogP contribution in [-0.4, -0.2) is 21.0 Å². The number of nitrogens with zero attached hydrogens (tertiary/aromatic N) is 2. The summed E-state index contributed by atoms with van der Waals surface area (Å²) in [4.78, 5) is 23.0. The average Bonchev–Trinajstić information content (AvgIpc) is 3.32. The van der Waals surface area contributed by atoms with Gasteiger partial charge in [0.15, 0.2) is 5.82 Å². The molecule has 6 heteroatoms. The third-order valence-electron chi connectivity index (χ3n) is 5.26. The van der Waals surface area contributed by atoms with Gasteiger partial charge in [-0.25, -0.2) is 14.8 Å². The normalized spacial score (nSPS) is 11.1. The van der Waals surface area contributed by atoms with Crippen molar-refractivity contribution in [2.75, 3.05) is 5.32 Å². The van der Waals surface area contributed by atoms with E-state index in [0.29, 0.717) is 5.82 Å². The summed E-state index contributed by atoms with van der Waals surface area (Å²) in [6.45, 7) is 4.19. The molecule has 4 rings (SSSR count). The van der Waals surface area contributed by atoms with Crippen molar-refractivity contribution in [3.05, 3.63) is 94.0 Å². The second-order valence-corrected chi connectivity index (χ2v) is 8.60. The number of aromatic nitrogens is 2. The molecule has 0 aliphatic rings. The number of thiophene rings is 1. The maximum absolute atomic E-state index is 11.1. The quantitative estimate of drug-likeness (QED) is 0.301. The van der Waals surface area contributed by atoms with Crippen molar-refractivity contribution < 1.29 is 9.90 Å². The van der Waals surface area contributed by atoms with Crippen LogP contribution in [0.4, 0.5) is 11.5 Å². The lowest BCUT2D eigenvalue weighted by molar-refractivity contribution is 0.0697. The minimum atomic E-state index is -0.941. The van der Waals surface area contributed by atoms with Crippen LogP contribution < -0.4 is 5.32 Å². The molecule has 0 bridgehead atoms. The van der Waals surface area contributed by atoms with Crippen molar-refractivity contribution in [1.29, 1.82) is 0 Å². The predicted octanol–water partition coefficient (Wildman–Crippen LogP) is 6.94. The van der Waals surface area contributed by atoms with E-state index in [1.54, 1.807) is 35.6 Å². The number of benzene rings is 2. The van der Waals surface area contributed by atoms with E-state index in [-0.39, 0.29) is 5.56 Å². The van der Waals surface area contributed by atoms with Crippen molar-refractivity contribution in [3.63, 3.8) is 0 Å². The summed E-state index contributed by atoms with van der Waals surface area (Å²) in [5.41, 5.74) is 4.29. The van der Waals surface area contributed by atoms with E-state index >= 15 is 0 Å². The number of aryl methyl sites for hydroxylation is 1. The van der Waals surface area contributed by atoms with Crippen LogP contribution in [0.3, 0.4) is 0 Å². The van der Waals surface area contributed by atoms with E-state index in [1.807, 2.05) is 18.2 Å². The second kappa shape index (κ2) is 10.2. The molecule has 2 aromatic carbocycles. The van der Waals surface area contributed by atoms with Gasteiger partial charge in [0.2, 0.25) is 0 Å². The molecule has 4 aromatic rings. The lowest BCUT2D eigenvalue weighted by Crippen LogP contribution is -2.07. The molecular weight excluding hydrogens is 430 g/mol. The van der Waals surface area contributed by atoms with Gasteiger partial charge in [0.1, 0.15) is 5.82 Å². The summed E-state index contributed by atoms with van der Waals surface area (Å²) < 4.78 is 0. The van der Waals surface area contributed by atoms with Crippen LogP contribution in [-0.2, 0) is 12.8 Å². The number of carboxylic acid groups (broad SMARTS) is 1. The smallest absolute Gasteiger partial charge is 0.335 e. The zero-order valence-corrected chi connectivity index (χ0v) is 19.4. The van der Waals surface area contributed by atoms with Gasteiger partial charge in [-0.2, -0.15) is 0 Å². The molecular formula is C27H25N3O2S. The molecule has 2 heterocycles. The number of carboxylic acids is 1. The van der Waals surface area contributed by atoms with Gasteiger partial charge in [0.25, 0.3) is 0 Å². The van der Waals surface area contributed by atoms with E-state index < -0.39 is 5.97 Å². The minimum Gasteiger partial charge on any atom is -0.478 e. The Morgan fingerprint density at radius 1 is 0.939 bits per heavy atom. The Labute approximate surface area is 197 Å². The fourth-order valence-electron chi connectivity index (χ4n) is 3.55. The number of hydrogen-bond donors (Lipinski definition) is 2. The molecule has 0 atom stereocenters. The molecule has 0 fully saturated rings. The number of hydrogen-bond acceptors (Lipinski definition) is 5. The lowest BCUT2D eigenvalue weighted by Gasteiger charge is -2.15.